The molecule has 0 aromatic heterocycles. The van der Waals surface area contributed by atoms with Crippen LogP contribution in [0.5, 0.6) is 0 Å². The number of methoxy groups -OCH3 is 1. The van der Waals surface area contributed by atoms with E-state index in [4.69, 9.17) is 0 Å². The Labute approximate surface area is 107 Å². The zero-order valence-corrected chi connectivity index (χ0v) is 10.9. The number of benzene rings is 1. The summed E-state index contributed by atoms with van der Waals surface area (Å²) in [6, 6.07) is 3.02. The molecule has 0 saturated heterocycles. The molecule has 0 heterocycles. The maximum Gasteiger partial charge on any atom is 0.306 e. The predicted molar refractivity (Wildman–Crippen MR) is 64.3 cm³/mol. The van der Waals surface area contributed by atoms with Gasteiger partial charge in [-0.1, -0.05) is 6.92 Å². The highest BCUT2D eigenvalue weighted by atomic mass is 32.2. The van der Waals surface area contributed by atoms with E-state index in [2.05, 4.69) is 4.74 Å². The molecule has 0 N–H and O–H groups in total. The van der Waals surface area contributed by atoms with E-state index in [0.29, 0.717) is 5.56 Å². The Hall–Kier alpha value is -1.30. The third kappa shape index (κ3) is 4.52. The monoisotopic (exact) mass is 276 g/mol. The standard InChI is InChI=1S/C12H14F2O3S/c1-8(3-12(15)17-2)18(16)7-9-4-10(13)6-11(14)5-9/h4-6,8H,3,7H2,1-2H3. The van der Waals surface area contributed by atoms with E-state index in [0.717, 1.165) is 18.2 Å². The number of ether oxygens (including phenoxy) is 1. The van der Waals surface area contributed by atoms with Gasteiger partial charge in [0, 0.05) is 27.9 Å². The first-order chi connectivity index (χ1) is 8.42. The lowest BCUT2D eigenvalue weighted by Crippen LogP contribution is -2.18. The molecule has 18 heavy (non-hydrogen) atoms. The van der Waals surface area contributed by atoms with E-state index in [9.17, 15) is 17.8 Å². The minimum absolute atomic E-state index is 0.00679. The molecule has 100 valence electrons. The van der Waals surface area contributed by atoms with E-state index >= 15 is 0 Å². The number of carbonyl (C=O) groups is 1. The van der Waals surface area contributed by atoms with Crippen molar-refractivity contribution in [2.24, 2.45) is 0 Å². The van der Waals surface area contributed by atoms with Crippen molar-refractivity contribution in [3.63, 3.8) is 0 Å². The largest absolute Gasteiger partial charge is 0.469 e. The highest BCUT2D eigenvalue weighted by Crippen LogP contribution is 2.13. The number of hydrogen-bond donors (Lipinski definition) is 0. The summed E-state index contributed by atoms with van der Waals surface area (Å²) in [6.07, 6.45) is 0.0148. The molecule has 2 unspecified atom stereocenters. The average molecular weight is 276 g/mol. The molecular weight excluding hydrogens is 262 g/mol. The van der Waals surface area contributed by atoms with Crippen molar-refractivity contribution >= 4 is 16.8 Å². The van der Waals surface area contributed by atoms with E-state index in [-0.39, 0.29) is 12.2 Å². The fourth-order valence-corrected chi connectivity index (χ4v) is 2.51. The van der Waals surface area contributed by atoms with Gasteiger partial charge in [0.05, 0.1) is 13.5 Å². The topological polar surface area (TPSA) is 43.4 Å². The van der Waals surface area contributed by atoms with Crippen LogP contribution in [0.3, 0.4) is 0 Å². The van der Waals surface area contributed by atoms with Crippen LogP contribution in [0.15, 0.2) is 18.2 Å². The Kier molecular flexibility index (Phi) is 5.40. The molecule has 1 rings (SSSR count). The third-order valence-electron chi connectivity index (χ3n) is 2.36. The van der Waals surface area contributed by atoms with E-state index in [1.165, 1.54) is 7.11 Å². The van der Waals surface area contributed by atoms with Gasteiger partial charge in [0.15, 0.2) is 0 Å². The van der Waals surface area contributed by atoms with Gasteiger partial charge in [0.1, 0.15) is 11.6 Å². The van der Waals surface area contributed by atoms with Crippen LogP contribution in [-0.2, 0) is 26.1 Å². The lowest BCUT2D eigenvalue weighted by molar-refractivity contribution is -0.140. The van der Waals surface area contributed by atoms with Gasteiger partial charge in [-0.25, -0.2) is 8.78 Å². The zero-order chi connectivity index (χ0) is 13.7. The molecule has 0 radical (unpaired) electrons. The van der Waals surface area contributed by atoms with E-state index < -0.39 is 33.7 Å². The SMILES string of the molecule is COC(=O)CC(C)S(=O)Cc1cc(F)cc(F)c1. The number of rotatable bonds is 5. The summed E-state index contributed by atoms with van der Waals surface area (Å²) < 4.78 is 42.2. The summed E-state index contributed by atoms with van der Waals surface area (Å²) in [5.41, 5.74) is 0.308. The van der Waals surface area contributed by atoms with Gasteiger partial charge < -0.3 is 4.74 Å². The molecule has 0 spiro atoms. The molecule has 0 bridgehead atoms. The minimum Gasteiger partial charge on any atom is -0.469 e. The summed E-state index contributed by atoms with van der Waals surface area (Å²) in [6.45, 7) is 1.63. The Bertz CT molecular complexity index is 442. The Morgan fingerprint density at radius 3 is 2.39 bits per heavy atom. The predicted octanol–water partition coefficient (Wildman–Crippen LogP) is 2.17. The number of halogens is 2. The lowest BCUT2D eigenvalue weighted by atomic mass is 10.2. The second kappa shape index (κ2) is 6.58. The van der Waals surface area contributed by atoms with Crippen molar-refractivity contribution in [3.05, 3.63) is 35.4 Å². The average Bonchev–Trinajstić information content (AvgIpc) is 2.27. The van der Waals surface area contributed by atoms with Crippen LogP contribution in [0.1, 0.15) is 18.9 Å². The van der Waals surface area contributed by atoms with Gasteiger partial charge in [-0.15, -0.1) is 0 Å². The molecule has 0 aliphatic carbocycles. The number of esters is 1. The summed E-state index contributed by atoms with van der Waals surface area (Å²) in [4.78, 5) is 11.0. The normalized spacial score (nSPS) is 14.0. The van der Waals surface area contributed by atoms with E-state index in [1.807, 2.05) is 0 Å². The summed E-state index contributed by atoms with van der Waals surface area (Å²) in [7, 11) is -0.139. The van der Waals surface area contributed by atoms with Crippen LogP contribution in [0, 0.1) is 11.6 Å². The molecule has 0 fully saturated rings. The molecule has 6 heteroatoms. The van der Waals surface area contributed by atoms with Crippen LogP contribution >= 0.6 is 0 Å². The first-order valence-corrected chi connectivity index (χ1v) is 6.69. The molecular formula is C12H14F2O3S. The summed E-state index contributed by atoms with van der Waals surface area (Å²) >= 11 is 0. The first-order valence-electron chi connectivity index (χ1n) is 5.31. The zero-order valence-electron chi connectivity index (χ0n) is 10.1. The summed E-state index contributed by atoms with van der Waals surface area (Å²) in [5.74, 6) is -1.86. The van der Waals surface area contributed by atoms with Gasteiger partial charge in [-0.05, 0) is 17.7 Å². The molecule has 1 aromatic carbocycles. The summed E-state index contributed by atoms with van der Waals surface area (Å²) in [5, 5.41) is -0.427. The first kappa shape index (κ1) is 14.8. The highest BCUT2D eigenvalue weighted by molar-refractivity contribution is 7.84. The second-order valence-corrected chi connectivity index (χ2v) is 5.75. The van der Waals surface area contributed by atoms with Gasteiger partial charge in [-0.3, -0.25) is 9.00 Å². The van der Waals surface area contributed by atoms with Crippen molar-refractivity contribution < 1.29 is 22.5 Å². The molecule has 2 atom stereocenters. The maximum atomic E-state index is 12.9. The van der Waals surface area contributed by atoms with Crippen LogP contribution in [0.2, 0.25) is 0 Å². The molecule has 1 aromatic rings. The van der Waals surface area contributed by atoms with Gasteiger partial charge in [-0.2, -0.15) is 0 Å². The lowest BCUT2D eigenvalue weighted by Gasteiger charge is -2.10. The molecule has 0 aliphatic rings. The smallest absolute Gasteiger partial charge is 0.306 e. The molecule has 3 nitrogen and oxygen atoms in total. The van der Waals surface area contributed by atoms with Crippen molar-refractivity contribution in [1.82, 2.24) is 0 Å². The van der Waals surface area contributed by atoms with Gasteiger partial charge >= 0.3 is 5.97 Å². The second-order valence-electron chi connectivity index (χ2n) is 3.89. The molecule has 0 saturated carbocycles. The Balaban J connectivity index is 2.66. The van der Waals surface area contributed by atoms with Gasteiger partial charge in [0.25, 0.3) is 0 Å². The van der Waals surface area contributed by atoms with Gasteiger partial charge in [0.2, 0.25) is 0 Å². The van der Waals surface area contributed by atoms with Crippen LogP contribution in [0.4, 0.5) is 8.78 Å². The van der Waals surface area contributed by atoms with Crippen molar-refractivity contribution in [2.75, 3.05) is 7.11 Å². The van der Waals surface area contributed by atoms with Crippen molar-refractivity contribution in [2.45, 2.75) is 24.3 Å². The van der Waals surface area contributed by atoms with Crippen LogP contribution in [0.25, 0.3) is 0 Å². The number of hydrogen-bond acceptors (Lipinski definition) is 3. The van der Waals surface area contributed by atoms with Crippen LogP contribution in [-0.4, -0.2) is 22.5 Å². The maximum absolute atomic E-state index is 12.9. The van der Waals surface area contributed by atoms with Crippen molar-refractivity contribution in [1.29, 1.82) is 0 Å². The minimum atomic E-state index is -1.39. The molecule has 0 amide bonds. The quantitative estimate of drug-likeness (QED) is 0.774. The van der Waals surface area contributed by atoms with Crippen molar-refractivity contribution in [3.8, 4) is 0 Å². The highest BCUT2D eigenvalue weighted by Gasteiger charge is 2.16. The fraction of sp³-hybridized carbons (Fsp3) is 0.417. The number of carbonyl (C=O) groups excluding carboxylic acids is 1. The van der Waals surface area contributed by atoms with E-state index in [1.54, 1.807) is 6.92 Å². The Morgan fingerprint density at radius 2 is 1.89 bits per heavy atom. The molecule has 0 aliphatic heterocycles. The third-order valence-corrected chi connectivity index (χ3v) is 4.04. The van der Waals surface area contributed by atoms with Crippen LogP contribution < -0.4 is 0 Å². The Morgan fingerprint density at radius 1 is 1.33 bits per heavy atom. The fourth-order valence-electron chi connectivity index (χ4n) is 1.41.